The first kappa shape index (κ1) is 17.5. The average Bonchev–Trinajstić information content (AvgIpc) is 2.97. The van der Waals surface area contributed by atoms with Crippen LogP contribution >= 0.6 is 0 Å². The topological polar surface area (TPSA) is 101 Å². The van der Waals surface area contributed by atoms with E-state index in [1.165, 1.54) is 4.90 Å². The van der Waals surface area contributed by atoms with Crippen LogP contribution in [0.2, 0.25) is 0 Å². The first-order chi connectivity index (χ1) is 12.5. The number of nitrogens with one attached hydrogen (secondary N) is 2. The van der Waals surface area contributed by atoms with Gasteiger partial charge in [0.05, 0.1) is 11.3 Å². The fraction of sp³-hybridized carbons (Fsp3) is 0.278. The SMILES string of the molecule is Cc1cc(C(=O)NNC(=O)CCN2C(=O)COc3ccccc32)c(C)o1. The maximum atomic E-state index is 12.0. The summed E-state index contributed by atoms with van der Waals surface area (Å²) in [4.78, 5) is 37.6. The van der Waals surface area contributed by atoms with Gasteiger partial charge in [-0.05, 0) is 32.0 Å². The lowest BCUT2D eigenvalue weighted by Crippen LogP contribution is -2.45. The molecule has 0 atom stereocenters. The molecule has 2 N–H and O–H groups in total. The van der Waals surface area contributed by atoms with Crippen LogP contribution in [0.4, 0.5) is 5.69 Å². The molecule has 2 aromatic rings. The molecule has 0 fully saturated rings. The molecule has 0 radical (unpaired) electrons. The largest absolute Gasteiger partial charge is 0.482 e. The maximum Gasteiger partial charge on any atom is 0.273 e. The lowest BCUT2D eigenvalue weighted by Gasteiger charge is -2.29. The van der Waals surface area contributed by atoms with Gasteiger partial charge >= 0.3 is 0 Å². The molecule has 1 aromatic carbocycles. The van der Waals surface area contributed by atoms with Crippen LogP contribution in [0.1, 0.15) is 28.3 Å². The molecule has 0 saturated carbocycles. The minimum atomic E-state index is -0.458. The number of benzene rings is 1. The highest BCUT2D eigenvalue weighted by atomic mass is 16.5. The zero-order valence-corrected chi connectivity index (χ0v) is 14.5. The number of furan rings is 1. The van der Waals surface area contributed by atoms with Crippen LogP contribution in [0, 0.1) is 13.8 Å². The number of rotatable bonds is 4. The summed E-state index contributed by atoms with van der Waals surface area (Å²) in [6.45, 7) is 3.53. The quantitative estimate of drug-likeness (QED) is 0.807. The molecule has 0 aliphatic carbocycles. The number of carbonyl (C=O) groups is 3. The Bertz CT molecular complexity index is 858. The van der Waals surface area contributed by atoms with Crippen LogP contribution in [0.15, 0.2) is 34.7 Å². The Morgan fingerprint density at radius 3 is 2.69 bits per heavy atom. The van der Waals surface area contributed by atoms with E-state index in [-0.39, 0.29) is 25.5 Å². The van der Waals surface area contributed by atoms with Crippen LogP contribution in [-0.4, -0.2) is 30.9 Å². The molecule has 136 valence electrons. The van der Waals surface area contributed by atoms with E-state index in [1.807, 2.05) is 6.07 Å². The van der Waals surface area contributed by atoms with E-state index in [0.29, 0.717) is 28.5 Å². The number of hydrogen-bond donors (Lipinski definition) is 2. The summed E-state index contributed by atoms with van der Waals surface area (Å²) < 4.78 is 10.6. The molecule has 3 amide bonds. The van der Waals surface area contributed by atoms with Crippen LogP contribution < -0.4 is 20.5 Å². The van der Waals surface area contributed by atoms with E-state index in [1.54, 1.807) is 38.1 Å². The minimum Gasteiger partial charge on any atom is -0.482 e. The van der Waals surface area contributed by atoms with Crippen LogP contribution in [-0.2, 0) is 9.59 Å². The normalized spacial score (nSPS) is 13.0. The molecule has 3 rings (SSSR count). The molecule has 8 nitrogen and oxygen atoms in total. The zero-order chi connectivity index (χ0) is 18.7. The van der Waals surface area contributed by atoms with E-state index in [0.717, 1.165) is 0 Å². The van der Waals surface area contributed by atoms with Crippen molar-refractivity contribution in [3.63, 3.8) is 0 Å². The number of hydrazine groups is 1. The van der Waals surface area contributed by atoms with Crippen molar-refractivity contribution >= 4 is 23.4 Å². The first-order valence-corrected chi connectivity index (χ1v) is 8.14. The van der Waals surface area contributed by atoms with Crippen LogP contribution in [0.3, 0.4) is 0 Å². The van der Waals surface area contributed by atoms with Crippen LogP contribution in [0.25, 0.3) is 0 Å². The number of aryl methyl sites for hydroxylation is 2. The zero-order valence-electron chi connectivity index (χ0n) is 14.5. The number of hydrogen-bond acceptors (Lipinski definition) is 5. The van der Waals surface area contributed by atoms with E-state index >= 15 is 0 Å². The van der Waals surface area contributed by atoms with Crippen molar-refractivity contribution in [1.29, 1.82) is 0 Å². The van der Waals surface area contributed by atoms with Crippen molar-refractivity contribution in [2.24, 2.45) is 0 Å². The van der Waals surface area contributed by atoms with Gasteiger partial charge in [0.2, 0.25) is 5.91 Å². The Kier molecular flexibility index (Phi) is 4.92. The van der Waals surface area contributed by atoms with Crippen molar-refractivity contribution in [1.82, 2.24) is 10.9 Å². The number of anilines is 1. The Morgan fingerprint density at radius 1 is 1.19 bits per heavy atom. The summed E-state index contributed by atoms with van der Waals surface area (Å²) in [5.41, 5.74) is 5.68. The van der Waals surface area contributed by atoms with Crippen molar-refractivity contribution in [3.8, 4) is 5.75 Å². The summed E-state index contributed by atoms with van der Waals surface area (Å²) >= 11 is 0. The van der Waals surface area contributed by atoms with Gasteiger partial charge in [-0.3, -0.25) is 25.2 Å². The van der Waals surface area contributed by atoms with Crippen molar-refractivity contribution in [2.75, 3.05) is 18.1 Å². The molecule has 8 heteroatoms. The van der Waals surface area contributed by atoms with Gasteiger partial charge in [0, 0.05) is 13.0 Å². The summed E-state index contributed by atoms with van der Waals surface area (Å²) in [6.07, 6.45) is 0.0315. The van der Waals surface area contributed by atoms with E-state index in [9.17, 15) is 14.4 Å². The van der Waals surface area contributed by atoms with Gasteiger partial charge in [0.15, 0.2) is 6.61 Å². The molecule has 0 spiro atoms. The number of fused-ring (bicyclic) bond motifs is 1. The summed E-state index contributed by atoms with van der Waals surface area (Å²) in [5.74, 6) is 0.610. The van der Waals surface area contributed by atoms with Gasteiger partial charge in [0.25, 0.3) is 11.8 Å². The Balaban J connectivity index is 1.54. The molecule has 2 heterocycles. The highest BCUT2D eigenvalue weighted by molar-refractivity contribution is 5.99. The van der Waals surface area contributed by atoms with Gasteiger partial charge < -0.3 is 14.1 Å². The molecule has 26 heavy (non-hydrogen) atoms. The van der Waals surface area contributed by atoms with Crippen molar-refractivity contribution in [2.45, 2.75) is 20.3 Å². The molecule has 1 aliphatic heterocycles. The lowest BCUT2D eigenvalue weighted by atomic mass is 10.2. The Morgan fingerprint density at radius 2 is 1.96 bits per heavy atom. The number of amides is 3. The molecule has 0 saturated heterocycles. The highest BCUT2D eigenvalue weighted by Crippen LogP contribution is 2.31. The highest BCUT2D eigenvalue weighted by Gasteiger charge is 2.25. The van der Waals surface area contributed by atoms with Gasteiger partial charge in [-0.15, -0.1) is 0 Å². The Hall–Kier alpha value is -3.29. The number of ether oxygens (including phenoxy) is 1. The standard InChI is InChI=1S/C18H19N3O5/c1-11-9-13(12(2)26-11)18(24)20-19-16(22)7-8-21-14-5-3-4-6-15(14)25-10-17(21)23/h3-6,9H,7-8,10H2,1-2H3,(H,19,22)(H,20,24). The third-order valence-electron chi connectivity index (χ3n) is 3.97. The predicted molar refractivity (Wildman–Crippen MR) is 92.7 cm³/mol. The molecule has 1 aromatic heterocycles. The van der Waals surface area contributed by atoms with Crippen molar-refractivity contribution < 1.29 is 23.5 Å². The van der Waals surface area contributed by atoms with E-state index in [2.05, 4.69) is 10.9 Å². The molecule has 0 unspecified atom stereocenters. The lowest BCUT2D eigenvalue weighted by molar-refractivity contribution is -0.122. The fourth-order valence-corrected chi connectivity index (χ4v) is 2.73. The number of para-hydroxylation sites is 2. The van der Waals surface area contributed by atoms with Gasteiger partial charge in [-0.25, -0.2) is 0 Å². The third kappa shape index (κ3) is 3.69. The van der Waals surface area contributed by atoms with Gasteiger partial charge in [-0.1, -0.05) is 12.1 Å². The molecule has 0 bridgehead atoms. The van der Waals surface area contributed by atoms with Gasteiger partial charge in [-0.2, -0.15) is 0 Å². The predicted octanol–water partition coefficient (Wildman–Crippen LogP) is 1.47. The molecule has 1 aliphatic rings. The summed E-state index contributed by atoms with van der Waals surface area (Å²) in [7, 11) is 0. The van der Waals surface area contributed by atoms with E-state index < -0.39 is 11.8 Å². The number of carbonyl (C=O) groups excluding carboxylic acids is 3. The second-order valence-electron chi connectivity index (χ2n) is 5.88. The van der Waals surface area contributed by atoms with Crippen LogP contribution in [0.5, 0.6) is 5.75 Å². The molecular weight excluding hydrogens is 338 g/mol. The number of nitrogens with zero attached hydrogens (tertiary/aromatic N) is 1. The second kappa shape index (κ2) is 7.30. The van der Waals surface area contributed by atoms with Gasteiger partial charge in [0.1, 0.15) is 17.3 Å². The minimum absolute atomic E-state index is 0.0315. The smallest absolute Gasteiger partial charge is 0.273 e. The third-order valence-corrected chi connectivity index (χ3v) is 3.97. The maximum absolute atomic E-state index is 12.0. The molecular formula is C18H19N3O5. The fourth-order valence-electron chi connectivity index (χ4n) is 2.73. The monoisotopic (exact) mass is 357 g/mol. The summed E-state index contributed by atoms with van der Waals surface area (Å²) in [6, 6.07) is 8.73. The Labute approximate surface area is 150 Å². The van der Waals surface area contributed by atoms with Crippen molar-refractivity contribution in [3.05, 3.63) is 47.4 Å². The van der Waals surface area contributed by atoms with E-state index in [4.69, 9.17) is 9.15 Å². The second-order valence-corrected chi connectivity index (χ2v) is 5.88. The average molecular weight is 357 g/mol. The first-order valence-electron chi connectivity index (χ1n) is 8.14. The summed E-state index contributed by atoms with van der Waals surface area (Å²) in [5, 5.41) is 0.